The van der Waals surface area contributed by atoms with Gasteiger partial charge in [0, 0.05) is 0 Å². The zero-order valence-corrected chi connectivity index (χ0v) is 30.7. The van der Waals surface area contributed by atoms with Crippen molar-refractivity contribution in [3.63, 3.8) is 0 Å². The van der Waals surface area contributed by atoms with E-state index in [2.05, 4.69) is 128 Å². The molecular weight excluding hydrogens is 643 g/mol. The molecule has 1 heterocycles. The standard InChI is InChI=1S/2C19H19.C2H4.2ClH.Zr/c2*1-12-9-17-14(3)11-15(4)19(18(17)10-12)16-8-6-5-7-13(16)2;1-2;;;/h2*5-11H,1-4H3;1-2H2;2*1H;/q;;;;;+2/p-2. The second-order valence-corrected chi connectivity index (χ2v) is 24.8. The minimum absolute atomic E-state index is 0. The van der Waals surface area contributed by atoms with Crippen LogP contribution in [0, 0.1) is 41.5 Å². The number of fused-ring (bicyclic) bond motifs is 2. The van der Waals surface area contributed by atoms with Crippen molar-refractivity contribution in [1.29, 1.82) is 0 Å². The molecule has 4 aromatic carbocycles. The van der Waals surface area contributed by atoms with Crippen LogP contribution in [0.3, 0.4) is 0 Å². The van der Waals surface area contributed by atoms with Crippen molar-refractivity contribution in [3.05, 3.63) is 127 Å². The number of allylic oxidation sites excluding steroid dienone is 2. The Morgan fingerprint density at radius 3 is 1.21 bits per heavy atom. The van der Waals surface area contributed by atoms with E-state index in [1.54, 1.807) is 22.3 Å². The minimum atomic E-state index is -2.73. The van der Waals surface area contributed by atoms with Crippen LogP contribution in [0.4, 0.5) is 0 Å². The van der Waals surface area contributed by atoms with Crippen LogP contribution in [0.1, 0.15) is 76.7 Å². The third kappa shape index (κ3) is 4.81. The number of aryl methyl sites for hydroxylation is 6. The molecule has 0 nitrogen and oxygen atoms in total. The van der Waals surface area contributed by atoms with Gasteiger partial charge in [-0.25, -0.2) is 0 Å². The van der Waals surface area contributed by atoms with Gasteiger partial charge in [-0.1, -0.05) is 0 Å². The summed E-state index contributed by atoms with van der Waals surface area (Å²) in [4.78, 5) is 0. The second kappa shape index (κ2) is 11.6. The van der Waals surface area contributed by atoms with E-state index in [0.717, 1.165) is 0 Å². The first-order valence-corrected chi connectivity index (χ1v) is 21.7. The van der Waals surface area contributed by atoms with Gasteiger partial charge in [-0.2, -0.15) is 0 Å². The monoisotopic (exact) mass is 682 g/mol. The molecule has 3 heteroatoms. The Hall–Kier alpha value is -2.18. The van der Waals surface area contributed by atoms with Crippen molar-refractivity contribution in [3.8, 4) is 22.3 Å². The molecule has 0 N–H and O–H groups in total. The van der Waals surface area contributed by atoms with Crippen molar-refractivity contribution in [2.24, 2.45) is 0 Å². The van der Waals surface area contributed by atoms with Crippen molar-refractivity contribution in [1.82, 2.24) is 0 Å². The van der Waals surface area contributed by atoms with E-state index < -0.39 is 20.3 Å². The maximum Gasteiger partial charge on any atom is -1.00 e. The van der Waals surface area contributed by atoms with E-state index >= 15 is 0 Å². The molecule has 220 valence electrons. The van der Waals surface area contributed by atoms with Crippen LogP contribution >= 0.6 is 0 Å². The van der Waals surface area contributed by atoms with E-state index in [0.29, 0.717) is 7.25 Å². The molecule has 0 aromatic heterocycles. The molecule has 0 bridgehead atoms. The number of hydrogen-bond donors (Lipinski definition) is 0. The summed E-state index contributed by atoms with van der Waals surface area (Å²) in [5.41, 5.74) is 24.1. The zero-order chi connectivity index (χ0) is 28.8. The average Bonchev–Trinajstić information content (AvgIpc) is 3.50. The van der Waals surface area contributed by atoms with Crippen LogP contribution in [0.15, 0.2) is 71.8 Å². The number of halogens is 2. The summed E-state index contributed by atoms with van der Waals surface area (Å²) in [5.74, 6) is 0. The fourth-order valence-electron chi connectivity index (χ4n) is 9.00. The Balaban J connectivity index is 0.00000184. The summed E-state index contributed by atoms with van der Waals surface area (Å²) in [7, 11) is 0. The molecule has 0 saturated carbocycles. The molecule has 2 unspecified atom stereocenters. The van der Waals surface area contributed by atoms with Gasteiger partial charge in [-0.3, -0.25) is 0 Å². The van der Waals surface area contributed by atoms with E-state index in [1.165, 1.54) is 75.0 Å². The summed E-state index contributed by atoms with van der Waals surface area (Å²) < 4.78 is 4.34. The van der Waals surface area contributed by atoms with Gasteiger partial charge in [0.2, 0.25) is 0 Å². The Bertz CT molecular complexity index is 1710. The molecular formula is C40H42Cl2Zr. The van der Waals surface area contributed by atoms with Gasteiger partial charge in [0.25, 0.3) is 0 Å². The average molecular weight is 685 g/mol. The fourth-order valence-corrected chi connectivity index (χ4v) is 27.1. The van der Waals surface area contributed by atoms with Gasteiger partial charge in [-0.05, 0) is 0 Å². The predicted octanol–water partition coefficient (Wildman–Crippen LogP) is 5.50. The molecule has 7 rings (SSSR count). The van der Waals surface area contributed by atoms with Gasteiger partial charge in [0.05, 0.1) is 0 Å². The Morgan fingerprint density at radius 2 is 0.860 bits per heavy atom. The molecule has 2 atom stereocenters. The van der Waals surface area contributed by atoms with Gasteiger partial charge in [0.15, 0.2) is 0 Å². The van der Waals surface area contributed by atoms with E-state index in [-0.39, 0.29) is 24.8 Å². The first-order valence-electron chi connectivity index (χ1n) is 15.4. The molecule has 3 aliphatic rings. The van der Waals surface area contributed by atoms with Crippen molar-refractivity contribution in [2.45, 2.75) is 70.9 Å². The van der Waals surface area contributed by atoms with Crippen LogP contribution < -0.4 is 24.8 Å². The topological polar surface area (TPSA) is 0 Å². The maximum atomic E-state index is 2.61. The van der Waals surface area contributed by atoms with Gasteiger partial charge in [-0.15, -0.1) is 0 Å². The van der Waals surface area contributed by atoms with Crippen molar-refractivity contribution >= 4 is 12.2 Å². The Morgan fingerprint density at radius 1 is 0.488 bits per heavy atom. The molecule has 1 saturated heterocycles. The molecule has 1 aliphatic heterocycles. The third-order valence-corrected chi connectivity index (χ3v) is 24.0. The van der Waals surface area contributed by atoms with Gasteiger partial charge in [0.1, 0.15) is 0 Å². The molecule has 2 aliphatic carbocycles. The smallest absolute Gasteiger partial charge is 1.00 e. The summed E-state index contributed by atoms with van der Waals surface area (Å²) in [6.45, 7) is 18.9. The van der Waals surface area contributed by atoms with Crippen LogP contribution in [0.2, 0.25) is 8.26 Å². The largest absolute Gasteiger partial charge is 1.00 e. The quantitative estimate of drug-likeness (QED) is 0.267. The van der Waals surface area contributed by atoms with E-state index in [4.69, 9.17) is 0 Å². The Labute approximate surface area is 275 Å². The van der Waals surface area contributed by atoms with Crippen molar-refractivity contribution in [2.75, 3.05) is 0 Å². The van der Waals surface area contributed by atoms with Crippen molar-refractivity contribution < 1.29 is 45.1 Å². The first kappa shape index (κ1) is 32.2. The van der Waals surface area contributed by atoms with Gasteiger partial charge < -0.3 is 24.8 Å². The van der Waals surface area contributed by atoms with Crippen LogP contribution in [-0.4, -0.2) is 0 Å². The summed E-state index contributed by atoms with van der Waals surface area (Å²) >= 11 is -2.73. The second-order valence-electron chi connectivity index (χ2n) is 13.4. The number of benzene rings is 4. The molecule has 43 heavy (non-hydrogen) atoms. The SMILES string of the molecule is CC1=Cc2c(-c3ccccc3C)c(C)cc(C)c2[CH]1[Zr+2]1([CH]2C(C)=Cc3c(-c4ccccc4C)c(C)cc(C)c32)[CH2][CH2]1.[Cl-].[Cl-]. The summed E-state index contributed by atoms with van der Waals surface area (Å²) in [6.07, 6.45) is 5.21. The summed E-state index contributed by atoms with van der Waals surface area (Å²) in [6, 6.07) is 23.0. The molecule has 0 radical (unpaired) electrons. The minimum Gasteiger partial charge on any atom is -1.00 e. The van der Waals surface area contributed by atoms with Gasteiger partial charge >= 0.3 is 253 Å². The number of hydrogen-bond acceptors (Lipinski definition) is 0. The molecule has 0 amide bonds. The molecule has 0 spiro atoms. The third-order valence-electron chi connectivity index (χ3n) is 10.7. The van der Waals surface area contributed by atoms with E-state index in [9.17, 15) is 0 Å². The van der Waals surface area contributed by atoms with E-state index in [1.807, 2.05) is 0 Å². The normalized spacial score (nSPS) is 18.3. The number of rotatable bonds is 4. The molecule has 4 aromatic rings. The van der Waals surface area contributed by atoms with Crippen LogP contribution in [0.25, 0.3) is 34.4 Å². The first-order chi connectivity index (χ1) is 19.6. The predicted molar refractivity (Wildman–Crippen MR) is 175 cm³/mol. The fraction of sp³-hybridized carbons (Fsp3) is 0.300. The van der Waals surface area contributed by atoms with Crippen LogP contribution in [0.5, 0.6) is 0 Å². The zero-order valence-electron chi connectivity index (χ0n) is 26.8. The molecule has 1 fully saturated rings. The summed E-state index contributed by atoms with van der Waals surface area (Å²) in [5, 5.41) is 0. The Kier molecular flexibility index (Phi) is 8.72. The van der Waals surface area contributed by atoms with Crippen LogP contribution in [-0.2, 0) is 20.3 Å². The maximum absolute atomic E-state index is 2.73.